The predicted molar refractivity (Wildman–Crippen MR) is 88.7 cm³/mol. The Balaban J connectivity index is 2.35. The number of hydrogen-bond donors (Lipinski definition) is 1. The molecular formula is C18H30N2O. The largest absolute Gasteiger partial charge is 0.392 e. The van der Waals surface area contributed by atoms with Crippen molar-refractivity contribution in [2.45, 2.75) is 71.9 Å². The summed E-state index contributed by atoms with van der Waals surface area (Å²) in [5.74, 6) is 2.07. The molecule has 1 aromatic heterocycles. The molecule has 3 heteroatoms. The van der Waals surface area contributed by atoms with E-state index in [1.807, 2.05) is 6.07 Å². The molecule has 0 saturated heterocycles. The summed E-state index contributed by atoms with van der Waals surface area (Å²) >= 11 is 0. The molecule has 1 fully saturated rings. The Bertz CT molecular complexity index is 451. The smallest absolute Gasteiger partial charge is 0.129 e. The lowest BCUT2D eigenvalue weighted by Crippen LogP contribution is -2.37. The van der Waals surface area contributed by atoms with E-state index >= 15 is 0 Å². The van der Waals surface area contributed by atoms with Gasteiger partial charge in [-0.25, -0.2) is 4.98 Å². The maximum atomic E-state index is 9.55. The maximum absolute atomic E-state index is 9.55. The van der Waals surface area contributed by atoms with Crippen molar-refractivity contribution in [3.8, 4) is 0 Å². The van der Waals surface area contributed by atoms with Crippen molar-refractivity contribution in [2.75, 3.05) is 11.4 Å². The van der Waals surface area contributed by atoms with Crippen LogP contribution in [0, 0.1) is 5.92 Å². The van der Waals surface area contributed by atoms with E-state index in [9.17, 15) is 5.11 Å². The van der Waals surface area contributed by atoms with Gasteiger partial charge in [0.05, 0.1) is 6.61 Å². The number of anilines is 1. The van der Waals surface area contributed by atoms with Gasteiger partial charge in [-0.05, 0) is 42.4 Å². The quantitative estimate of drug-likeness (QED) is 0.857. The van der Waals surface area contributed by atoms with Gasteiger partial charge < -0.3 is 10.0 Å². The number of pyridine rings is 1. The number of rotatable bonds is 6. The minimum atomic E-state index is 0.0927. The molecule has 1 aromatic rings. The SMILES string of the molecule is CC(C)CN(c1cc(CO)cc(C(C)C)n1)C1CCCC1. The molecule has 0 spiro atoms. The van der Waals surface area contributed by atoms with Gasteiger partial charge in [-0.2, -0.15) is 0 Å². The number of aliphatic hydroxyl groups excluding tert-OH is 1. The Morgan fingerprint density at radius 3 is 2.38 bits per heavy atom. The minimum absolute atomic E-state index is 0.0927. The molecule has 0 bridgehead atoms. The van der Waals surface area contributed by atoms with Crippen LogP contribution in [0.5, 0.6) is 0 Å². The summed E-state index contributed by atoms with van der Waals surface area (Å²) < 4.78 is 0. The monoisotopic (exact) mass is 290 g/mol. The zero-order valence-corrected chi connectivity index (χ0v) is 14.0. The van der Waals surface area contributed by atoms with Crippen LogP contribution in [0.15, 0.2) is 12.1 Å². The van der Waals surface area contributed by atoms with Crippen LogP contribution >= 0.6 is 0 Å². The average Bonchev–Trinajstić information content (AvgIpc) is 2.97. The van der Waals surface area contributed by atoms with Crippen molar-refractivity contribution >= 4 is 5.82 Å². The van der Waals surface area contributed by atoms with Gasteiger partial charge in [0.2, 0.25) is 0 Å². The summed E-state index contributed by atoms with van der Waals surface area (Å²) in [4.78, 5) is 7.38. The molecule has 1 aliphatic carbocycles. The van der Waals surface area contributed by atoms with Crippen molar-refractivity contribution in [3.05, 3.63) is 23.4 Å². The molecule has 0 amide bonds. The summed E-state index contributed by atoms with van der Waals surface area (Å²) in [5.41, 5.74) is 2.07. The molecule has 0 unspecified atom stereocenters. The molecule has 21 heavy (non-hydrogen) atoms. The molecule has 1 aliphatic rings. The van der Waals surface area contributed by atoms with E-state index in [1.165, 1.54) is 25.7 Å². The highest BCUT2D eigenvalue weighted by Gasteiger charge is 2.25. The second kappa shape index (κ2) is 7.26. The van der Waals surface area contributed by atoms with Crippen LogP contribution in [-0.2, 0) is 6.61 Å². The van der Waals surface area contributed by atoms with Crippen molar-refractivity contribution in [1.29, 1.82) is 0 Å². The van der Waals surface area contributed by atoms with Gasteiger partial charge in [0.1, 0.15) is 5.82 Å². The fourth-order valence-electron chi connectivity index (χ4n) is 3.17. The Hall–Kier alpha value is -1.09. The van der Waals surface area contributed by atoms with E-state index in [2.05, 4.69) is 38.7 Å². The van der Waals surface area contributed by atoms with Crippen LogP contribution in [-0.4, -0.2) is 22.7 Å². The lowest BCUT2D eigenvalue weighted by molar-refractivity contribution is 0.281. The predicted octanol–water partition coefficient (Wildman–Crippen LogP) is 4.10. The normalized spacial score (nSPS) is 16.1. The van der Waals surface area contributed by atoms with Crippen LogP contribution in [0.4, 0.5) is 5.82 Å². The van der Waals surface area contributed by atoms with Crippen molar-refractivity contribution in [1.82, 2.24) is 4.98 Å². The molecule has 1 N–H and O–H groups in total. The van der Waals surface area contributed by atoms with E-state index in [4.69, 9.17) is 4.98 Å². The third-order valence-electron chi connectivity index (χ3n) is 4.29. The fraction of sp³-hybridized carbons (Fsp3) is 0.722. The lowest BCUT2D eigenvalue weighted by atomic mass is 10.1. The third kappa shape index (κ3) is 4.19. The van der Waals surface area contributed by atoms with E-state index in [0.717, 1.165) is 23.6 Å². The molecule has 0 aromatic carbocycles. The van der Waals surface area contributed by atoms with E-state index < -0.39 is 0 Å². The van der Waals surface area contributed by atoms with Crippen molar-refractivity contribution < 1.29 is 5.11 Å². The number of aliphatic hydroxyl groups is 1. The summed E-state index contributed by atoms with van der Waals surface area (Å²) in [6, 6.07) is 4.73. The Morgan fingerprint density at radius 2 is 1.86 bits per heavy atom. The molecule has 3 nitrogen and oxygen atoms in total. The number of nitrogens with zero attached hydrogens (tertiary/aromatic N) is 2. The first kappa shape index (κ1) is 16.3. The van der Waals surface area contributed by atoms with Crippen LogP contribution in [0.25, 0.3) is 0 Å². The van der Waals surface area contributed by atoms with Crippen molar-refractivity contribution in [2.24, 2.45) is 5.92 Å². The van der Waals surface area contributed by atoms with Gasteiger partial charge in [-0.15, -0.1) is 0 Å². The van der Waals surface area contributed by atoms with Gasteiger partial charge in [-0.3, -0.25) is 0 Å². The second-order valence-electron chi connectivity index (χ2n) is 7.06. The van der Waals surface area contributed by atoms with Crippen LogP contribution in [0.2, 0.25) is 0 Å². The molecule has 1 heterocycles. The van der Waals surface area contributed by atoms with E-state index in [-0.39, 0.29) is 6.61 Å². The maximum Gasteiger partial charge on any atom is 0.129 e. The molecule has 2 rings (SSSR count). The molecule has 0 atom stereocenters. The number of hydrogen-bond acceptors (Lipinski definition) is 3. The van der Waals surface area contributed by atoms with Crippen LogP contribution in [0.1, 0.15) is 70.6 Å². The average molecular weight is 290 g/mol. The van der Waals surface area contributed by atoms with Gasteiger partial charge in [0, 0.05) is 18.3 Å². The summed E-state index contributed by atoms with van der Waals surface area (Å²) in [6.45, 7) is 9.99. The van der Waals surface area contributed by atoms with Gasteiger partial charge in [-0.1, -0.05) is 40.5 Å². The Morgan fingerprint density at radius 1 is 1.19 bits per heavy atom. The molecular weight excluding hydrogens is 260 g/mol. The highest BCUT2D eigenvalue weighted by Crippen LogP contribution is 2.29. The first-order valence-electron chi connectivity index (χ1n) is 8.39. The standard InChI is InChI=1S/C18H30N2O/c1-13(2)11-20(16-7-5-6-8-16)18-10-15(12-21)9-17(19-18)14(3)4/h9-10,13-14,16,21H,5-8,11-12H2,1-4H3. The molecule has 0 aliphatic heterocycles. The molecule has 0 radical (unpaired) electrons. The van der Waals surface area contributed by atoms with Gasteiger partial charge >= 0.3 is 0 Å². The van der Waals surface area contributed by atoms with Gasteiger partial charge in [0.25, 0.3) is 0 Å². The Kier molecular flexibility index (Phi) is 5.63. The molecule has 1 saturated carbocycles. The number of aromatic nitrogens is 1. The first-order valence-corrected chi connectivity index (χ1v) is 8.39. The summed E-state index contributed by atoms with van der Waals surface area (Å²) in [5, 5.41) is 9.55. The Labute approximate surface area is 129 Å². The van der Waals surface area contributed by atoms with Crippen LogP contribution in [0.3, 0.4) is 0 Å². The van der Waals surface area contributed by atoms with E-state index in [1.54, 1.807) is 0 Å². The van der Waals surface area contributed by atoms with Crippen molar-refractivity contribution in [3.63, 3.8) is 0 Å². The highest BCUT2D eigenvalue weighted by molar-refractivity contribution is 5.44. The second-order valence-corrected chi connectivity index (χ2v) is 7.06. The third-order valence-corrected chi connectivity index (χ3v) is 4.29. The fourth-order valence-corrected chi connectivity index (χ4v) is 3.17. The zero-order valence-electron chi connectivity index (χ0n) is 14.0. The summed E-state index contributed by atoms with van der Waals surface area (Å²) in [6.07, 6.45) is 5.20. The van der Waals surface area contributed by atoms with Gasteiger partial charge in [0.15, 0.2) is 0 Å². The highest BCUT2D eigenvalue weighted by atomic mass is 16.3. The summed E-state index contributed by atoms with van der Waals surface area (Å²) in [7, 11) is 0. The topological polar surface area (TPSA) is 36.4 Å². The molecule has 118 valence electrons. The lowest BCUT2D eigenvalue weighted by Gasteiger charge is -2.32. The zero-order chi connectivity index (χ0) is 15.4. The minimum Gasteiger partial charge on any atom is -0.392 e. The first-order chi connectivity index (χ1) is 10.0. The van der Waals surface area contributed by atoms with Crippen LogP contribution < -0.4 is 4.90 Å². The van der Waals surface area contributed by atoms with E-state index in [0.29, 0.717) is 17.9 Å².